The van der Waals surface area contributed by atoms with Gasteiger partial charge < -0.3 is 14.7 Å². The molecule has 0 amide bonds. The van der Waals surface area contributed by atoms with Crippen molar-refractivity contribution in [2.24, 2.45) is 5.92 Å². The third kappa shape index (κ3) is 3.73. The molecular weight excluding hydrogens is 254 g/mol. The van der Waals surface area contributed by atoms with Crippen molar-refractivity contribution in [3.8, 4) is 5.75 Å². The molecule has 4 nitrogen and oxygen atoms in total. The van der Waals surface area contributed by atoms with E-state index in [2.05, 4.69) is 11.9 Å². The Morgan fingerprint density at radius 2 is 2.10 bits per heavy atom. The van der Waals surface area contributed by atoms with Gasteiger partial charge in [-0.25, -0.2) is 4.79 Å². The maximum absolute atomic E-state index is 11.1. The molecule has 0 spiro atoms. The largest absolute Gasteiger partial charge is 0.496 e. The van der Waals surface area contributed by atoms with Crippen LogP contribution in [0.4, 0.5) is 0 Å². The number of ether oxygens (including phenoxy) is 1. The van der Waals surface area contributed by atoms with Gasteiger partial charge in [0, 0.05) is 18.7 Å². The lowest BCUT2D eigenvalue weighted by molar-refractivity contribution is 0.0696. The first-order valence-electron chi connectivity index (χ1n) is 7.19. The number of aromatic carboxylic acids is 1. The molecule has 2 rings (SSSR count). The lowest BCUT2D eigenvalue weighted by Crippen LogP contribution is -2.24. The molecule has 1 aromatic carbocycles. The highest BCUT2D eigenvalue weighted by Gasteiger charge is 2.18. The van der Waals surface area contributed by atoms with Crippen LogP contribution < -0.4 is 4.74 Å². The van der Waals surface area contributed by atoms with Gasteiger partial charge in [-0.1, -0.05) is 12.8 Å². The van der Waals surface area contributed by atoms with E-state index < -0.39 is 5.97 Å². The molecule has 1 fully saturated rings. The predicted octanol–water partition coefficient (Wildman–Crippen LogP) is 3.02. The highest BCUT2D eigenvalue weighted by Crippen LogP contribution is 2.27. The molecule has 0 radical (unpaired) electrons. The van der Waals surface area contributed by atoms with Crippen LogP contribution in [0.5, 0.6) is 5.75 Å². The summed E-state index contributed by atoms with van der Waals surface area (Å²) in [6.45, 7) is 1.79. The van der Waals surface area contributed by atoms with Crippen molar-refractivity contribution in [3.63, 3.8) is 0 Å². The molecule has 1 N–H and O–H groups in total. The zero-order valence-corrected chi connectivity index (χ0v) is 12.3. The van der Waals surface area contributed by atoms with Gasteiger partial charge in [-0.2, -0.15) is 0 Å². The Kier molecular flexibility index (Phi) is 5.01. The van der Waals surface area contributed by atoms with Crippen LogP contribution in [0, 0.1) is 5.92 Å². The minimum atomic E-state index is -0.896. The third-order valence-electron chi connectivity index (χ3n) is 4.01. The number of methoxy groups -OCH3 is 1. The number of rotatable bonds is 6. The first kappa shape index (κ1) is 14.9. The highest BCUT2D eigenvalue weighted by atomic mass is 16.5. The van der Waals surface area contributed by atoms with Crippen molar-refractivity contribution in [3.05, 3.63) is 29.3 Å². The molecule has 1 aliphatic carbocycles. The second-order valence-corrected chi connectivity index (χ2v) is 5.68. The lowest BCUT2D eigenvalue weighted by atomic mass is 10.1. The summed E-state index contributed by atoms with van der Waals surface area (Å²) in [5, 5.41) is 9.08. The average Bonchev–Trinajstić information content (AvgIpc) is 2.91. The van der Waals surface area contributed by atoms with Crippen LogP contribution in [0.1, 0.15) is 41.6 Å². The van der Waals surface area contributed by atoms with E-state index in [4.69, 9.17) is 9.84 Å². The molecule has 20 heavy (non-hydrogen) atoms. The van der Waals surface area contributed by atoms with E-state index in [1.54, 1.807) is 25.3 Å². The zero-order chi connectivity index (χ0) is 14.5. The molecule has 110 valence electrons. The summed E-state index contributed by atoms with van der Waals surface area (Å²) >= 11 is 0. The van der Waals surface area contributed by atoms with Crippen LogP contribution >= 0.6 is 0 Å². The molecule has 1 saturated carbocycles. The van der Waals surface area contributed by atoms with E-state index in [-0.39, 0.29) is 0 Å². The maximum Gasteiger partial charge on any atom is 0.335 e. The highest BCUT2D eigenvalue weighted by molar-refractivity contribution is 5.88. The fraction of sp³-hybridized carbons (Fsp3) is 0.562. The molecule has 0 aliphatic heterocycles. The zero-order valence-electron chi connectivity index (χ0n) is 12.3. The topological polar surface area (TPSA) is 49.8 Å². The summed E-state index contributed by atoms with van der Waals surface area (Å²) < 4.78 is 5.33. The minimum Gasteiger partial charge on any atom is -0.496 e. The van der Waals surface area contributed by atoms with Crippen molar-refractivity contribution < 1.29 is 14.6 Å². The lowest BCUT2D eigenvalue weighted by Gasteiger charge is -2.22. The van der Waals surface area contributed by atoms with Crippen LogP contribution in [0.15, 0.2) is 18.2 Å². The number of carboxylic acid groups (broad SMARTS) is 1. The predicted molar refractivity (Wildman–Crippen MR) is 78.2 cm³/mol. The molecular formula is C16H23NO3. The van der Waals surface area contributed by atoms with E-state index in [0.717, 1.165) is 30.3 Å². The number of nitrogens with zero attached hydrogens (tertiary/aromatic N) is 1. The second kappa shape index (κ2) is 6.75. The number of hydrogen-bond donors (Lipinski definition) is 1. The Labute approximate surface area is 120 Å². The fourth-order valence-electron chi connectivity index (χ4n) is 3.02. The van der Waals surface area contributed by atoms with Crippen LogP contribution in [0.3, 0.4) is 0 Å². The molecule has 0 atom stereocenters. The molecule has 1 aliphatic rings. The summed E-state index contributed by atoms with van der Waals surface area (Å²) in [7, 11) is 3.71. The quantitative estimate of drug-likeness (QED) is 0.868. The van der Waals surface area contributed by atoms with Crippen molar-refractivity contribution in [2.45, 2.75) is 32.2 Å². The van der Waals surface area contributed by atoms with E-state index in [1.165, 1.54) is 25.7 Å². The Hall–Kier alpha value is -1.55. The summed E-state index contributed by atoms with van der Waals surface area (Å²) in [5.74, 6) is 0.647. The second-order valence-electron chi connectivity index (χ2n) is 5.68. The molecule has 0 heterocycles. The van der Waals surface area contributed by atoms with Crippen molar-refractivity contribution >= 4 is 5.97 Å². The van der Waals surface area contributed by atoms with E-state index in [0.29, 0.717) is 5.56 Å². The minimum absolute atomic E-state index is 0.315. The monoisotopic (exact) mass is 277 g/mol. The van der Waals surface area contributed by atoms with Gasteiger partial charge >= 0.3 is 5.97 Å². The smallest absolute Gasteiger partial charge is 0.335 e. The average molecular weight is 277 g/mol. The van der Waals surface area contributed by atoms with Gasteiger partial charge in [0.05, 0.1) is 12.7 Å². The summed E-state index contributed by atoms with van der Waals surface area (Å²) in [6.07, 6.45) is 5.32. The number of carboxylic acids is 1. The van der Waals surface area contributed by atoms with Crippen LogP contribution in [0.25, 0.3) is 0 Å². The Morgan fingerprint density at radius 3 is 2.70 bits per heavy atom. The number of carbonyl (C=O) groups is 1. The van der Waals surface area contributed by atoms with Gasteiger partial charge in [-0.3, -0.25) is 0 Å². The maximum atomic E-state index is 11.1. The number of benzene rings is 1. The fourth-order valence-corrected chi connectivity index (χ4v) is 3.02. The van der Waals surface area contributed by atoms with Crippen molar-refractivity contribution in [2.75, 3.05) is 20.7 Å². The van der Waals surface area contributed by atoms with Crippen LogP contribution in [-0.2, 0) is 6.54 Å². The van der Waals surface area contributed by atoms with E-state index in [1.807, 2.05) is 0 Å². The third-order valence-corrected chi connectivity index (χ3v) is 4.01. The van der Waals surface area contributed by atoms with Gasteiger partial charge in [-0.05, 0) is 44.0 Å². The van der Waals surface area contributed by atoms with Crippen molar-refractivity contribution in [1.82, 2.24) is 4.90 Å². The Bertz CT molecular complexity index is 467. The van der Waals surface area contributed by atoms with Crippen molar-refractivity contribution in [1.29, 1.82) is 0 Å². The number of hydrogen-bond acceptors (Lipinski definition) is 3. The van der Waals surface area contributed by atoms with Gasteiger partial charge in [0.2, 0.25) is 0 Å². The summed E-state index contributed by atoms with van der Waals surface area (Å²) in [5.41, 5.74) is 1.25. The van der Waals surface area contributed by atoms with E-state index >= 15 is 0 Å². The molecule has 0 aromatic heterocycles. The summed E-state index contributed by atoms with van der Waals surface area (Å²) in [6, 6.07) is 5.04. The molecule has 0 unspecified atom stereocenters. The van der Waals surface area contributed by atoms with Gasteiger partial charge in [-0.15, -0.1) is 0 Å². The van der Waals surface area contributed by atoms with Gasteiger partial charge in [0.1, 0.15) is 5.75 Å². The first-order valence-corrected chi connectivity index (χ1v) is 7.19. The van der Waals surface area contributed by atoms with Gasteiger partial charge in [0.15, 0.2) is 0 Å². The molecule has 0 bridgehead atoms. The molecule has 4 heteroatoms. The van der Waals surface area contributed by atoms with Gasteiger partial charge in [0.25, 0.3) is 0 Å². The van der Waals surface area contributed by atoms with E-state index in [9.17, 15) is 4.79 Å². The normalized spacial score (nSPS) is 15.8. The molecule has 0 saturated heterocycles. The first-order chi connectivity index (χ1) is 9.60. The van der Waals surface area contributed by atoms with Crippen LogP contribution in [0.2, 0.25) is 0 Å². The molecule has 1 aromatic rings. The summed E-state index contributed by atoms with van der Waals surface area (Å²) in [4.78, 5) is 13.3. The Balaban J connectivity index is 2.05. The van der Waals surface area contributed by atoms with Crippen LogP contribution in [-0.4, -0.2) is 36.7 Å². The standard InChI is InChI=1S/C16H23NO3/c1-17(10-12-5-3-4-6-12)11-14-9-13(16(18)19)7-8-15(14)20-2/h7-9,12H,3-6,10-11H2,1-2H3,(H,18,19). The Morgan fingerprint density at radius 1 is 1.40 bits per heavy atom. The SMILES string of the molecule is COc1ccc(C(=O)O)cc1CN(C)CC1CCCC1.